The van der Waals surface area contributed by atoms with Crippen LogP contribution in [0, 0.1) is 29.6 Å². The third-order valence-electron chi connectivity index (χ3n) is 6.64. The van der Waals surface area contributed by atoms with E-state index in [9.17, 15) is 0 Å². The lowest BCUT2D eigenvalue weighted by Gasteiger charge is -2.35. The van der Waals surface area contributed by atoms with Gasteiger partial charge in [-0.2, -0.15) is 0 Å². The Bertz CT molecular complexity index is 420. The summed E-state index contributed by atoms with van der Waals surface area (Å²) in [6, 6.07) is 0. The van der Waals surface area contributed by atoms with Crippen LogP contribution in [0.5, 0.6) is 0 Å². The van der Waals surface area contributed by atoms with Crippen LogP contribution in [0.3, 0.4) is 0 Å². The van der Waals surface area contributed by atoms with Gasteiger partial charge in [0.05, 0.1) is 12.0 Å². The molecule has 0 amide bonds. The lowest BCUT2D eigenvalue weighted by molar-refractivity contribution is 0.0479. The van der Waals surface area contributed by atoms with Gasteiger partial charge in [0.25, 0.3) is 0 Å². The number of terminal acetylenes is 1. The summed E-state index contributed by atoms with van der Waals surface area (Å²) in [5.41, 5.74) is 0.0759. The van der Waals surface area contributed by atoms with E-state index in [0.29, 0.717) is 5.92 Å². The predicted octanol–water partition coefficient (Wildman–Crippen LogP) is 5.88. The number of halogens is 1. The molecule has 0 aromatic carbocycles. The molecule has 2 fully saturated rings. The normalized spacial score (nSPS) is 36.6. The van der Waals surface area contributed by atoms with Crippen LogP contribution in [0.1, 0.15) is 78.6 Å². The Morgan fingerprint density at radius 3 is 1.96 bits per heavy atom. The molecule has 2 aliphatic rings. The van der Waals surface area contributed by atoms with Crippen molar-refractivity contribution < 1.29 is 4.74 Å². The van der Waals surface area contributed by atoms with Gasteiger partial charge in [0, 0.05) is 12.0 Å². The zero-order chi connectivity index (χ0) is 18.3. The SMILES string of the molecule is C#C[C@@H]1[C@@H](CN2CCCCCCCCCCC2)O[C@@H](I)[C@]1(C)C(C)C. The molecular weight excluding hydrogens is 421 g/mol. The van der Waals surface area contributed by atoms with Gasteiger partial charge in [-0.05, 0) is 31.8 Å². The number of hydrogen-bond donors (Lipinski definition) is 0. The van der Waals surface area contributed by atoms with E-state index in [1.807, 2.05) is 0 Å². The maximum atomic E-state index is 6.42. The second-order valence-electron chi connectivity index (χ2n) is 8.64. The number of rotatable bonds is 3. The molecule has 3 heteroatoms. The summed E-state index contributed by atoms with van der Waals surface area (Å²) >= 11 is 2.47. The standard InChI is InChI=1S/C22H38INO/c1-5-19-20(25-21(23)22(19,4)18(2)3)17-24-15-13-11-9-7-6-8-10-12-14-16-24/h1,18-21H,6-17H2,2-4H3/t19-,20-,21-,22-/m1/s1. The summed E-state index contributed by atoms with van der Waals surface area (Å²) in [6.07, 6.45) is 18.7. The summed E-state index contributed by atoms with van der Waals surface area (Å²) in [7, 11) is 0. The first-order chi connectivity index (χ1) is 12.0. The summed E-state index contributed by atoms with van der Waals surface area (Å²) < 4.78 is 6.63. The molecular formula is C22H38INO. The Hall–Kier alpha value is 0.210. The highest BCUT2D eigenvalue weighted by molar-refractivity contribution is 14.1. The lowest BCUT2D eigenvalue weighted by atomic mass is 9.69. The van der Waals surface area contributed by atoms with Crippen molar-refractivity contribution in [2.75, 3.05) is 19.6 Å². The maximum absolute atomic E-state index is 6.42. The molecule has 0 unspecified atom stereocenters. The Balaban J connectivity index is 1.98. The van der Waals surface area contributed by atoms with E-state index in [1.165, 1.54) is 70.9 Å². The molecule has 2 rings (SSSR count). The smallest absolute Gasteiger partial charge is 0.116 e. The molecule has 144 valence electrons. The average molecular weight is 459 g/mol. The summed E-state index contributed by atoms with van der Waals surface area (Å²) in [5, 5.41) is 0. The molecule has 0 bridgehead atoms. The molecule has 2 saturated heterocycles. The highest BCUT2D eigenvalue weighted by Gasteiger charge is 2.53. The van der Waals surface area contributed by atoms with E-state index in [2.05, 4.69) is 54.2 Å². The fourth-order valence-electron chi connectivity index (χ4n) is 4.43. The molecule has 2 aliphatic heterocycles. The zero-order valence-corrected chi connectivity index (χ0v) is 18.8. The second kappa shape index (κ2) is 10.5. The number of alkyl halides is 1. The molecule has 0 aliphatic carbocycles. The third-order valence-corrected chi connectivity index (χ3v) is 8.27. The minimum Gasteiger partial charge on any atom is -0.361 e. The fourth-order valence-corrected chi connectivity index (χ4v) is 5.92. The number of ether oxygens (including phenoxy) is 1. The largest absolute Gasteiger partial charge is 0.361 e. The van der Waals surface area contributed by atoms with Gasteiger partial charge in [-0.3, -0.25) is 0 Å². The van der Waals surface area contributed by atoms with Gasteiger partial charge in [-0.25, -0.2) is 0 Å². The highest BCUT2D eigenvalue weighted by atomic mass is 127. The van der Waals surface area contributed by atoms with E-state index in [1.54, 1.807) is 0 Å². The van der Waals surface area contributed by atoms with Crippen molar-refractivity contribution in [3.8, 4) is 12.3 Å². The van der Waals surface area contributed by atoms with E-state index < -0.39 is 0 Å². The van der Waals surface area contributed by atoms with Gasteiger partial charge in [0.2, 0.25) is 0 Å². The first-order valence-electron chi connectivity index (χ1n) is 10.5. The van der Waals surface area contributed by atoms with Crippen LogP contribution in [0.4, 0.5) is 0 Å². The van der Waals surface area contributed by atoms with Crippen molar-refractivity contribution in [3.63, 3.8) is 0 Å². The molecule has 0 spiro atoms. The molecule has 2 heterocycles. The molecule has 4 atom stereocenters. The van der Waals surface area contributed by atoms with Gasteiger partial charge in [0.1, 0.15) is 4.11 Å². The summed E-state index contributed by atoms with van der Waals surface area (Å²) in [6.45, 7) is 10.3. The van der Waals surface area contributed by atoms with Crippen LogP contribution in [-0.2, 0) is 4.74 Å². The van der Waals surface area contributed by atoms with Gasteiger partial charge >= 0.3 is 0 Å². The predicted molar refractivity (Wildman–Crippen MR) is 116 cm³/mol. The monoisotopic (exact) mass is 459 g/mol. The first kappa shape index (κ1) is 21.5. The van der Waals surface area contributed by atoms with Crippen LogP contribution in [0.15, 0.2) is 0 Å². The van der Waals surface area contributed by atoms with Crippen molar-refractivity contribution in [2.24, 2.45) is 17.3 Å². The molecule has 0 N–H and O–H groups in total. The van der Waals surface area contributed by atoms with E-state index in [4.69, 9.17) is 11.2 Å². The van der Waals surface area contributed by atoms with Gasteiger partial charge in [-0.15, -0.1) is 6.42 Å². The van der Waals surface area contributed by atoms with E-state index >= 15 is 0 Å². The Morgan fingerprint density at radius 1 is 1.04 bits per heavy atom. The van der Waals surface area contributed by atoms with Crippen molar-refractivity contribution in [2.45, 2.75) is 88.8 Å². The van der Waals surface area contributed by atoms with Crippen LogP contribution in [0.25, 0.3) is 0 Å². The maximum Gasteiger partial charge on any atom is 0.116 e. The quantitative estimate of drug-likeness (QED) is 0.297. The van der Waals surface area contributed by atoms with Crippen molar-refractivity contribution in [1.82, 2.24) is 4.90 Å². The number of hydrogen-bond acceptors (Lipinski definition) is 2. The summed E-state index contributed by atoms with van der Waals surface area (Å²) in [5.74, 6) is 3.87. The summed E-state index contributed by atoms with van der Waals surface area (Å²) in [4.78, 5) is 2.64. The Kier molecular flexibility index (Phi) is 9.05. The van der Waals surface area contributed by atoms with Gasteiger partial charge < -0.3 is 9.64 Å². The molecule has 25 heavy (non-hydrogen) atoms. The minimum atomic E-state index is 0.0759. The molecule has 0 radical (unpaired) electrons. The Morgan fingerprint density at radius 2 is 1.52 bits per heavy atom. The van der Waals surface area contributed by atoms with Gasteiger partial charge in [-0.1, -0.05) is 94.2 Å². The molecule has 0 saturated carbocycles. The highest BCUT2D eigenvalue weighted by Crippen LogP contribution is 2.51. The molecule has 0 aromatic heterocycles. The third kappa shape index (κ3) is 5.59. The van der Waals surface area contributed by atoms with Crippen molar-refractivity contribution >= 4 is 22.6 Å². The number of nitrogens with zero attached hydrogens (tertiary/aromatic N) is 1. The van der Waals surface area contributed by atoms with Crippen molar-refractivity contribution in [1.29, 1.82) is 0 Å². The first-order valence-corrected chi connectivity index (χ1v) is 11.7. The topological polar surface area (TPSA) is 12.5 Å². The van der Waals surface area contributed by atoms with Gasteiger partial charge in [0.15, 0.2) is 0 Å². The minimum absolute atomic E-state index is 0.0759. The van der Waals surface area contributed by atoms with Crippen molar-refractivity contribution in [3.05, 3.63) is 0 Å². The molecule has 0 aromatic rings. The lowest BCUT2D eigenvalue weighted by Crippen LogP contribution is -2.40. The van der Waals surface area contributed by atoms with E-state index in [-0.39, 0.29) is 21.5 Å². The fraction of sp³-hybridized carbons (Fsp3) is 0.909. The Labute approximate surface area is 170 Å². The van der Waals surface area contributed by atoms with Crippen LogP contribution < -0.4 is 0 Å². The second-order valence-corrected chi connectivity index (χ2v) is 9.77. The zero-order valence-electron chi connectivity index (χ0n) is 16.6. The molecule has 2 nitrogen and oxygen atoms in total. The van der Waals surface area contributed by atoms with Crippen LogP contribution >= 0.6 is 22.6 Å². The van der Waals surface area contributed by atoms with E-state index in [0.717, 1.165) is 6.54 Å². The van der Waals surface area contributed by atoms with Crippen LogP contribution in [0.2, 0.25) is 0 Å². The average Bonchev–Trinajstić information content (AvgIpc) is 2.81. The van der Waals surface area contributed by atoms with Crippen LogP contribution in [-0.4, -0.2) is 34.7 Å².